The highest BCUT2D eigenvalue weighted by Crippen LogP contribution is 2.24. The maximum Gasteiger partial charge on any atom is 0.252 e. The Kier molecular flexibility index (Phi) is 5.08. The molecular weight excluding hydrogens is 260 g/mol. The van der Waals surface area contributed by atoms with Gasteiger partial charge in [0, 0.05) is 25.0 Å². The third-order valence-electron chi connectivity index (χ3n) is 2.36. The summed E-state index contributed by atoms with van der Waals surface area (Å²) in [5, 5.41) is 9.14. The highest BCUT2D eigenvalue weighted by Gasteiger charge is 2.22. The number of sulfonamides is 1. The highest BCUT2D eigenvalue weighted by molar-refractivity contribution is 7.91. The molecule has 7 heteroatoms. The maximum atomic E-state index is 12.1. The summed E-state index contributed by atoms with van der Waals surface area (Å²) in [6.45, 7) is 2.28. The van der Waals surface area contributed by atoms with Gasteiger partial charge in [0.05, 0.1) is 6.10 Å². The molecule has 0 aliphatic rings. The average Bonchev–Trinajstić information content (AvgIpc) is 2.74. The van der Waals surface area contributed by atoms with Gasteiger partial charge in [0.2, 0.25) is 0 Å². The first-order valence-corrected chi connectivity index (χ1v) is 7.56. The number of nitrogens with zero attached hydrogens (tertiary/aromatic N) is 1. The molecule has 0 spiro atoms. The molecule has 1 aromatic rings. The van der Waals surface area contributed by atoms with Crippen molar-refractivity contribution in [3.05, 3.63) is 17.0 Å². The summed E-state index contributed by atoms with van der Waals surface area (Å²) in [5.41, 5.74) is 5.45. The van der Waals surface area contributed by atoms with Crippen LogP contribution in [0.2, 0.25) is 0 Å². The molecule has 1 atom stereocenters. The molecule has 5 nitrogen and oxygen atoms in total. The van der Waals surface area contributed by atoms with E-state index in [1.54, 1.807) is 19.1 Å². The van der Waals surface area contributed by atoms with Crippen molar-refractivity contribution in [1.82, 2.24) is 4.31 Å². The minimum Gasteiger partial charge on any atom is -0.393 e. The second kappa shape index (κ2) is 5.92. The molecule has 0 saturated heterocycles. The zero-order valence-corrected chi connectivity index (χ0v) is 11.6. The predicted molar refractivity (Wildman–Crippen MR) is 68.3 cm³/mol. The minimum atomic E-state index is -3.44. The van der Waals surface area contributed by atoms with Gasteiger partial charge in [-0.25, -0.2) is 12.7 Å². The lowest BCUT2D eigenvalue weighted by Gasteiger charge is -2.16. The second-order valence-corrected chi connectivity index (χ2v) is 7.33. The van der Waals surface area contributed by atoms with Crippen LogP contribution >= 0.6 is 11.3 Å². The van der Waals surface area contributed by atoms with Gasteiger partial charge < -0.3 is 10.8 Å². The van der Waals surface area contributed by atoms with Crippen molar-refractivity contribution in [1.29, 1.82) is 0 Å². The van der Waals surface area contributed by atoms with Crippen molar-refractivity contribution in [2.75, 3.05) is 13.6 Å². The molecule has 3 N–H and O–H groups in total. The molecule has 0 aliphatic heterocycles. The summed E-state index contributed by atoms with van der Waals surface area (Å²) in [6.07, 6.45) is -0.0826. The van der Waals surface area contributed by atoms with Crippen LogP contribution in [0, 0.1) is 0 Å². The Bertz CT molecular complexity index is 454. The lowest BCUT2D eigenvalue weighted by atomic mass is 10.3. The fourth-order valence-corrected chi connectivity index (χ4v) is 3.88. The van der Waals surface area contributed by atoms with Crippen molar-refractivity contribution in [3.8, 4) is 0 Å². The van der Waals surface area contributed by atoms with E-state index in [2.05, 4.69) is 0 Å². The molecule has 0 aliphatic carbocycles. The van der Waals surface area contributed by atoms with Crippen LogP contribution in [0.1, 0.15) is 18.2 Å². The van der Waals surface area contributed by atoms with Crippen LogP contribution < -0.4 is 5.73 Å². The van der Waals surface area contributed by atoms with Crippen molar-refractivity contribution < 1.29 is 13.5 Å². The van der Waals surface area contributed by atoms with E-state index in [9.17, 15) is 8.42 Å². The Balaban J connectivity index is 2.79. The number of hydrogen-bond donors (Lipinski definition) is 2. The Morgan fingerprint density at radius 1 is 1.53 bits per heavy atom. The van der Waals surface area contributed by atoms with Gasteiger partial charge in [-0.15, -0.1) is 11.3 Å². The van der Waals surface area contributed by atoms with Crippen LogP contribution in [0.5, 0.6) is 0 Å². The maximum absolute atomic E-state index is 12.1. The first-order valence-electron chi connectivity index (χ1n) is 5.31. The average molecular weight is 278 g/mol. The molecular formula is C10H18N2O3S2. The van der Waals surface area contributed by atoms with Gasteiger partial charge in [-0.2, -0.15) is 0 Å². The molecule has 0 aromatic carbocycles. The normalized spacial score (nSPS) is 14.2. The van der Waals surface area contributed by atoms with Gasteiger partial charge in [0.25, 0.3) is 10.0 Å². The number of nitrogens with two attached hydrogens (primary N) is 1. The van der Waals surface area contributed by atoms with Crippen LogP contribution in [0.15, 0.2) is 16.3 Å². The topological polar surface area (TPSA) is 83.6 Å². The molecule has 98 valence electrons. The number of aliphatic hydroxyl groups is 1. The molecule has 0 fully saturated rings. The standard InChI is InChI=1S/C10H18N2O3S2/c1-8(13)5-6-12(2)17(14,15)10-4-3-9(7-11)16-10/h3-4,8,13H,5-7,11H2,1-2H3. The molecule has 0 bridgehead atoms. The smallest absolute Gasteiger partial charge is 0.252 e. The number of rotatable bonds is 6. The first kappa shape index (κ1) is 14.6. The van der Waals surface area contributed by atoms with Crippen LogP contribution in [-0.2, 0) is 16.6 Å². The molecule has 1 rings (SSSR count). The first-order chi connectivity index (χ1) is 7.87. The third-order valence-corrected chi connectivity index (χ3v) is 5.80. The van der Waals surface area contributed by atoms with Gasteiger partial charge in [-0.1, -0.05) is 0 Å². The van der Waals surface area contributed by atoms with Gasteiger partial charge in [0.1, 0.15) is 4.21 Å². The second-order valence-electron chi connectivity index (χ2n) is 3.89. The lowest BCUT2D eigenvalue weighted by molar-refractivity contribution is 0.177. The van der Waals surface area contributed by atoms with Crippen LogP contribution in [0.3, 0.4) is 0 Å². The van der Waals surface area contributed by atoms with E-state index >= 15 is 0 Å². The Hall–Kier alpha value is -0.470. The number of thiophene rings is 1. The number of hydrogen-bond acceptors (Lipinski definition) is 5. The summed E-state index contributed by atoms with van der Waals surface area (Å²) in [5.74, 6) is 0. The Morgan fingerprint density at radius 3 is 2.65 bits per heavy atom. The van der Waals surface area contributed by atoms with E-state index in [1.807, 2.05) is 0 Å². The molecule has 0 radical (unpaired) electrons. The summed E-state index contributed by atoms with van der Waals surface area (Å²) in [6, 6.07) is 3.29. The predicted octanol–water partition coefficient (Wildman–Crippen LogP) is 0.598. The molecule has 0 saturated carbocycles. The van der Waals surface area contributed by atoms with Gasteiger partial charge in [0.15, 0.2) is 0 Å². The summed E-state index contributed by atoms with van der Waals surface area (Å²) < 4.78 is 25.7. The molecule has 1 aromatic heterocycles. The molecule has 0 amide bonds. The zero-order chi connectivity index (χ0) is 13.1. The van der Waals surface area contributed by atoms with E-state index in [4.69, 9.17) is 10.8 Å². The van der Waals surface area contributed by atoms with Crippen molar-refractivity contribution >= 4 is 21.4 Å². The van der Waals surface area contributed by atoms with Crippen molar-refractivity contribution in [3.63, 3.8) is 0 Å². The number of aliphatic hydroxyl groups excluding tert-OH is 1. The van der Waals surface area contributed by atoms with E-state index in [1.165, 1.54) is 22.7 Å². The Labute approximate surface area is 106 Å². The quantitative estimate of drug-likeness (QED) is 0.798. The largest absolute Gasteiger partial charge is 0.393 e. The van der Waals surface area contributed by atoms with E-state index in [-0.39, 0.29) is 0 Å². The summed E-state index contributed by atoms with van der Waals surface area (Å²) in [4.78, 5) is 0.840. The minimum absolute atomic E-state index is 0.297. The third kappa shape index (κ3) is 3.75. The van der Waals surface area contributed by atoms with E-state index in [0.717, 1.165) is 4.88 Å². The van der Waals surface area contributed by atoms with Crippen LogP contribution in [0.4, 0.5) is 0 Å². The highest BCUT2D eigenvalue weighted by atomic mass is 32.2. The molecule has 17 heavy (non-hydrogen) atoms. The SMILES string of the molecule is CC(O)CCN(C)S(=O)(=O)c1ccc(CN)s1. The van der Waals surface area contributed by atoms with Crippen molar-refractivity contribution in [2.24, 2.45) is 5.73 Å². The molecule has 1 heterocycles. The summed E-state index contributed by atoms with van der Waals surface area (Å²) in [7, 11) is -1.93. The van der Waals surface area contributed by atoms with Gasteiger partial charge in [-0.3, -0.25) is 0 Å². The summed E-state index contributed by atoms with van der Waals surface area (Å²) >= 11 is 1.19. The van der Waals surface area contributed by atoms with Crippen LogP contribution in [0.25, 0.3) is 0 Å². The fourth-order valence-electron chi connectivity index (χ4n) is 1.25. The van der Waals surface area contributed by atoms with Gasteiger partial charge in [-0.05, 0) is 25.5 Å². The Morgan fingerprint density at radius 2 is 2.18 bits per heavy atom. The van der Waals surface area contributed by atoms with E-state index < -0.39 is 16.1 Å². The zero-order valence-electron chi connectivity index (χ0n) is 9.96. The molecule has 1 unspecified atom stereocenters. The van der Waals surface area contributed by atoms with Crippen LogP contribution in [-0.4, -0.2) is 37.5 Å². The fraction of sp³-hybridized carbons (Fsp3) is 0.600. The van der Waals surface area contributed by atoms with Crippen molar-refractivity contribution in [2.45, 2.75) is 30.2 Å². The monoisotopic (exact) mass is 278 g/mol. The van der Waals surface area contributed by atoms with E-state index in [0.29, 0.717) is 23.7 Å². The lowest BCUT2D eigenvalue weighted by Crippen LogP contribution is -2.29. The van der Waals surface area contributed by atoms with Gasteiger partial charge >= 0.3 is 0 Å².